The Morgan fingerprint density at radius 2 is 1.96 bits per heavy atom. The molecular formula is C17H15ClN2O5. The van der Waals surface area contributed by atoms with Gasteiger partial charge in [0, 0.05) is 6.92 Å². The Labute approximate surface area is 148 Å². The Bertz CT molecular complexity index is 836. The summed E-state index contributed by atoms with van der Waals surface area (Å²) in [6.07, 6.45) is 1.49. The second-order valence-corrected chi connectivity index (χ2v) is 5.28. The summed E-state index contributed by atoms with van der Waals surface area (Å²) in [6.45, 7) is 1.30. The van der Waals surface area contributed by atoms with E-state index in [-0.39, 0.29) is 5.56 Å². The van der Waals surface area contributed by atoms with Crippen molar-refractivity contribution in [2.75, 3.05) is 12.5 Å². The zero-order valence-corrected chi connectivity index (χ0v) is 14.2. The number of ether oxygens (including phenoxy) is 2. The molecule has 25 heavy (non-hydrogen) atoms. The maximum Gasteiger partial charge on any atom is 0.335 e. The quantitative estimate of drug-likeness (QED) is 0.353. The number of aromatic carboxylic acids is 1. The lowest BCUT2D eigenvalue weighted by Crippen LogP contribution is -2.03. The molecule has 0 aliphatic carbocycles. The number of esters is 1. The van der Waals surface area contributed by atoms with Crippen LogP contribution in [0.2, 0.25) is 5.02 Å². The molecule has 0 aromatic heterocycles. The van der Waals surface area contributed by atoms with E-state index in [1.54, 1.807) is 18.2 Å². The van der Waals surface area contributed by atoms with E-state index in [1.807, 2.05) is 0 Å². The molecule has 0 radical (unpaired) electrons. The Hall–Kier alpha value is -3.06. The van der Waals surface area contributed by atoms with E-state index in [0.29, 0.717) is 27.8 Å². The number of carboxylic acid groups (broad SMARTS) is 1. The Morgan fingerprint density at radius 1 is 1.20 bits per heavy atom. The van der Waals surface area contributed by atoms with E-state index in [4.69, 9.17) is 26.2 Å². The molecule has 2 N–H and O–H groups in total. The number of methoxy groups -OCH3 is 1. The number of rotatable bonds is 6. The van der Waals surface area contributed by atoms with Gasteiger partial charge in [0.15, 0.2) is 11.5 Å². The summed E-state index contributed by atoms with van der Waals surface area (Å²) in [6, 6.07) is 9.16. The van der Waals surface area contributed by atoms with E-state index < -0.39 is 11.9 Å². The van der Waals surface area contributed by atoms with Crippen LogP contribution in [0.15, 0.2) is 41.5 Å². The average Bonchev–Trinajstić information content (AvgIpc) is 2.57. The molecule has 0 heterocycles. The van der Waals surface area contributed by atoms with Crippen molar-refractivity contribution >= 4 is 35.4 Å². The van der Waals surface area contributed by atoms with Crippen LogP contribution in [0.5, 0.6) is 11.5 Å². The highest BCUT2D eigenvalue weighted by atomic mass is 35.5. The van der Waals surface area contributed by atoms with E-state index in [2.05, 4.69) is 10.5 Å². The second-order valence-electron chi connectivity index (χ2n) is 4.87. The monoisotopic (exact) mass is 362 g/mol. The van der Waals surface area contributed by atoms with Crippen molar-refractivity contribution in [1.82, 2.24) is 0 Å². The highest BCUT2D eigenvalue weighted by Crippen LogP contribution is 2.28. The molecule has 0 fully saturated rings. The number of hydrogen-bond donors (Lipinski definition) is 2. The summed E-state index contributed by atoms with van der Waals surface area (Å²) >= 11 is 6.00. The molecule has 2 rings (SSSR count). The van der Waals surface area contributed by atoms with Crippen molar-refractivity contribution in [3.8, 4) is 11.5 Å². The van der Waals surface area contributed by atoms with Crippen molar-refractivity contribution in [2.45, 2.75) is 6.92 Å². The SMILES string of the molecule is COc1cc(/C=N\Nc2cc(C(=O)O)ccc2Cl)ccc1OC(C)=O. The lowest BCUT2D eigenvalue weighted by Gasteiger charge is -2.08. The summed E-state index contributed by atoms with van der Waals surface area (Å²) < 4.78 is 10.2. The molecule has 0 saturated heterocycles. The number of carbonyl (C=O) groups is 2. The van der Waals surface area contributed by atoms with Gasteiger partial charge < -0.3 is 14.6 Å². The first-order valence-electron chi connectivity index (χ1n) is 7.09. The minimum absolute atomic E-state index is 0.0921. The number of halogens is 1. The third kappa shape index (κ3) is 4.95. The van der Waals surface area contributed by atoms with Gasteiger partial charge in [-0.25, -0.2) is 4.79 Å². The van der Waals surface area contributed by atoms with E-state index in [0.717, 1.165) is 0 Å². The number of nitrogens with zero attached hydrogens (tertiary/aromatic N) is 1. The van der Waals surface area contributed by atoms with Gasteiger partial charge in [-0.1, -0.05) is 11.6 Å². The maximum atomic E-state index is 11.0. The van der Waals surface area contributed by atoms with E-state index in [1.165, 1.54) is 38.4 Å². The molecule has 0 amide bonds. The molecule has 0 spiro atoms. The van der Waals surface area contributed by atoms with Crippen LogP contribution in [-0.4, -0.2) is 30.4 Å². The van der Waals surface area contributed by atoms with Crippen LogP contribution in [0.1, 0.15) is 22.8 Å². The number of hydrazone groups is 1. The lowest BCUT2D eigenvalue weighted by atomic mass is 10.2. The molecule has 0 aliphatic rings. The van der Waals surface area contributed by atoms with E-state index >= 15 is 0 Å². The molecule has 130 valence electrons. The maximum absolute atomic E-state index is 11.0. The fraction of sp³-hybridized carbons (Fsp3) is 0.118. The van der Waals surface area contributed by atoms with Crippen molar-refractivity contribution in [3.05, 3.63) is 52.5 Å². The fourth-order valence-corrected chi connectivity index (χ4v) is 2.08. The second kappa shape index (κ2) is 8.16. The van der Waals surface area contributed by atoms with Crippen LogP contribution < -0.4 is 14.9 Å². The zero-order chi connectivity index (χ0) is 18.4. The van der Waals surface area contributed by atoms with Gasteiger partial charge in [-0.3, -0.25) is 10.2 Å². The third-order valence-corrected chi connectivity index (χ3v) is 3.38. The summed E-state index contributed by atoms with van der Waals surface area (Å²) in [4.78, 5) is 22.0. The minimum Gasteiger partial charge on any atom is -0.493 e. The van der Waals surface area contributed by atoms with Crippen LogP contribution in [0.3, 0.4) is 0 Å². The molecule has 2 aromatic carbocycles. The summed E-state index contributed by atoms with van der Waals surface area (Å²) in [5.41, 5.74) is 3.82. The van der Waals surface area contributed by atoms with Crippen LogP contribution in [0.4, 0.5) is 5.69 Å². The van der Waals surface area contributed by atoms with Gasteiger partial charge in [0.2, 0.25) is 0 Å². The minimum atomic E-state index is -1.06. The molecule has 2 aromatic rings. The average molecular weight is 363 g/mol. The predicted octanol–water partition coefficient (Wildman–Crippen LogP) is 3.42. The number of anilines is 1. The van der Waals surface area contributed by atoms with Gasteiger partial charge in [-0.15, -0.1) is 0 Å². The van der Waals surface area contributed by atoms with Crippen LogP contribution in [0, 0.1) is 0 Å². The van der Waals surface area contributed by atoms with Crippen LogP contribution in [0.25, 0.3) is 0 Å². The summed E-state index contributed by atoms with van der Waals surface area (Å²) in [5, 5.41) is 13.4. The first kappa shape index (κ1) is 18.3. The van der Waals surface area contributed by atoms with Crippen molar-refractivity contribution in [1.29, 1.82) is 0 Å². The van der Waals surface area contributed by atoms with Gasteiger partial charge in [0.25, 0.3) is 0 Å². The predicted molar refractivity (Wildman–Crippen MR) is 93.9 cm³/mol. The number of benzene rings is 2. The lowest BCUT2D eigenvalue weighted by molar-refractivity contribution is -0.132. The smallest absolute Gasteiger partial charge is 0.335 e. The van der Waals surface area contributed by atoms with Gasteiger partial charge in [0.1, 0.15) is 0 Å². The highest BCUT2D eigenvalue weighted by Gasteiger charge is 2.08. The largest absolute Gasteiger partial charge is 0.493 e. The van der Waals surface area contributed by atoms with Crippen LogP contribution >= 0.6 is 11.6 Å². The molecule has 0 saturated carbocycles. The highest BCUT2D eigenvalue weighted by molar-refractivity contribution is 6.33. The zero-order valence-electron chi connectivity index (χ0n) is 13.4. The number of carbonyl (C=O) groups excluding carboxylic acids is 1. The summed E-state index contributed by atoms with van der Waals surface area (Å²) in [5.74, 6) is -0.828. The normalized spacial score (nSPS) is 10.5. The van der Waals surface area contributed by atoms with E-state index in [9.17, 15) is 9.59 Å². The van der Waals surface area contributed by atoms with Crippen molar-refractivity contribution in [3.63, 3.8) is 0 Å². The number of carboxylic acids is 1. The Kier molecular flexibility index (Phi) is 5.97. The molecular weight excluding hydrogens is 348 g/mol. The van der Waals surface area contributed by atoms with Gasteiger partial charge >= 0.3 is 11.9 Å². The first-order valence-corrected chi connectivity index (χ1v) is 7.47. The number of nitrogens with one attached hydrogen (secondary N) is 1. The molecule has 0 atom stereocenters. The van der Waals surface area contributed by atoms with Gasteiger partial charge in [0.05, 0.1) is 29.6 Å². The molecule has 0 bridgehead atoms. The summed E-state index contributed by atoms with van der Waals surface area (Å²) in [7, 11) is 1.46. The molecule has 8 heteroatoms. The van der Waals surface area contributed by atoms with Crippen LogP contribution in [-0.2, 0) is 4.79 Å². The van der Waals surface area contributed by atoms with Crippen molar-refractivity contribution in [2.24, 2.45) is 5.10 Å². The molecule has 0 unspecified atom stereocenters. The topological polar surface area (TPSA) is 97.2 Å². The number of hydrogen-bond acceptors (Lipinski definition) is 6. The Morgan fingerprint density at radius 3 is 2.60 bits per heavy atom. The van der Waals surface area contributed by atoms with Crippen molar-refractivity contribution < 1.29 is 24.2 Å². The molecule has 0 aliphatic heterocycles. The molecule has 7 nitrogen and oxygen atoms in total. The third-order valence-electron chi connectivity index (χ3n) is 3.05. The Balaban J connectivity index is 2.16. The van der Waals surface area contributed by atoms with Gasteiger partial charge in [-0.2, -0.15) is 5.10 Å². The first-order chi connectivity index (χ1) is 11.9. The standard InChI is InChI=1S/C17H15ClN2O5/c1-10(21)25-15-6-3-11(7-16(15)24-2)9-19-20-14-8-12(17(22)23)4-5-13(14)18/h3-9,20H,1-2H3,(H,22,23)/b19-9-. The fourth-order valence-electron chi connectivity index (χ4n) is 1.92. The van der Waals surface area contributed by atoms with Gasteiger partial charge in [-0.05, 0) is 42.0 Å².